The molecule has 4 amide bonds. The first-order chi connectivity index (χ1) is 13.5. The molecule has 1 atom stereocenters. The molecule has 3 aliphatic heterocycles. The van der Waals surface area contributed by atoms with Crippen LogP contribution < -0.4 is 5.73 Å². The molecule has 1 unspecified atom stereocenters. The predicted molar refractivity (Wildman–Crippen MR) is 101 cm³/mol. The molecule has 3 aliphatic rings. The molecule has 1 aromatic carbocycles. The minimum Gasteiger partial charge on any atom is -0.399 e. The van der Waals surface area contributed by atoms with Gasteiger partial charge in [0.1, 0.15) is 12.6 Å². The highest BCUT2D eigenvalue weighted by Gasteiger charge is 2.43. The molecule has 2 fully saturated rings. The third-order valence-corrected chi connectivity index (χ3v) is 5.83. The van der Waals surface area contributed by atoms with Gasteiger partial charge < -0.3 is 15.5 Å². The van der Waals surface area contributed by atoms with E-state index in [1.807, 2.05) is 0 Å². The lowest BCUT2D eigenvalue weighted by Gasteiger charge is -2.36. The van der Waals surface area contributed by atoms with Gasteiger partial charge in [-0.05, 0) is 43.4 Å². The van der Waals surface area contributed by atoms with Crippen LogP contribution in [0.25, 0.3) is 0 Å². The third kappa shape index (κ3) is 3.23. The van der Waals surface area contributed by atoms with Crippen LogP contribution >= 0.6 is 0 Å². The molecule has 4 rings (SSSR count). The Morgan fingerprint density at radius 1 is 1.11 bits per heavy atom. The van der Waals surface area contributed by atoms with Crippen LogP contribution in [-0.2, 0) is 20.9 Å². The van der Waals surface area contributed by atoms with Crippen LogP contribution in [0.2, 0.25) is 0 Å². The molecule has 8 heteroatoms. The Balaban J connectivity index is 1.49. The number of likely N-dealkylation sites (tertiary alicyclic amines) is 2. The number of anilines is 1. The maximum atomic E-state index is 13.0. The number of benzene rings is 1. The standard InChI is InChI=1S/C20H24N4O4/c21-14-5-4-13-11-23(19(27)15(13)10-14)16-6-7-17(25)24(20(16)28)12-18(26)22-8-2-1-3-9-22/h4-5,10,16H,1-3,6-9,11-12,21H2. The van der Waals surface area contributed by atoms with Gasteiger partial charge in [0.15, 0.2) is 0 Å². The molecule has 0 aromatic heterocycles. The first kappa shape index (κ1) is 18.5. The van der Waals surface area contributed by atoms with E-state index in [-0.39, 0.29) is 37.1 Å². The van der Waals surface area contributed by atoms with E-state index in [0.717, 1.165) is 29.7 Å². The normalized spacial score (nSPS) is 22.6. The van der Waals surface area contributed by atoms with E-state index in [4.69, 9.17) is 5.73 Å². The summed E-state index contributed by atoms with van der Waals surface area (Å²) in [6.45, 7) is 1.41. The molecule has 2 saturated heterocycles. The fourth-order valence-electron chi connectivity index (χ4n) is 4.25. The summed E-state index contributed by atoms with van der Waals surface area (Å²) >= 11 is 0. The Kier molecular flexibility index (Phi) is 4.78. The zero-order chi connectivity index (χ0) is 19.8. The zero-order valence-corrected chi connectivity index (χ0v) is 15.7. The molecule has 8 nitrogen and oxygen atoms in total. The lowest BCUT2D eigenvalue weighted by atomic mass is 10.0. The topological polar surface area (TPSA) is 104 Å². The van der Waals surface area contributed by atoms with E-state index in [9.17, 15) is 19.2 Å². The van der Waals surface area contributed by atoms with Crippen LogP contribution in [0.3, 0.4) is 0 Å². The Hall–Kier alpha value is -2.90. The van der Waals surface area contributed by atoms with Crippen molar-refractivity contribution in [2.24, 2.45) is 0 Å². The molecule has 1 aromatic rings. The second kappa shape index (κ2) is 7.26. The van der Waals surface area contributed by atoms with Crippen molar-refractivity contribution in [2.75, 3.05) is 25.4 Å². The van der Waals surface area contributed by atoms with E-state index < -0.39 is 11.9 Å². The number of hydrogen-bond acceptors (Lipinski definition) is 5. The lowest BCUT2D eigenvalue weighted by Crippen LogP contribution is -2.57. The number of nitrogen functional groups attached to an aromatic ring is 1. The Bertz CT molecular complexity index is 847. The number of fused-ring (bicyclic) bond motifs is 1. The minimum atomic E-state index is -0.729. The maximum absolute atomic E-state index is 13.0. The van der Waals surface area contributed by atoms with Crippen LogP contribution in [0.5, 0.6) is 0 Å². The second-order valence-electron chi connectivity index (χ2n) is 7.66. The SMILES string of the molecule is Nc1ccc2c(c1)C(=O)N(C1CCC(=O)N(CC(=O)N3CCCCC3)C1=O)C2. The van der Waals surface area contributed by atoms with Gasteiger partial charge in [-0.1, -0.05) is 6.07 Å². The van der Waals surface area contributed by atoms with Crippen molar-refractivity contribution in [3.8, 4) is 0 Å². The van der Waals surface area contributed by atoms with Gasteiger partial charge in [0.25, 0.3) is 11.8 Å². The van der Waals surface area contributed by atoms with Crippen molar-refractivity contribution in [3.63, 3.8) is 0 Å². The molecule has 0 bridgehead atoms. The number of nitrogens with two attached hydrogens (primary N) is 1. The van der Waals surface area contributed by atoms with E-state index in [1.54, 1.807) is 23.1 Å². The van der Waals surface area contributed by atoms with Crippen molar-refractivity contribution < 1.29 is 19.2 Å². The van der Waals surface area contributed by atoms with Crippen LogP contribution in [0, 0.1) is 0 Å². The van der Waals surface area contributed by atoms with Crippen molar-refractivity contribution in [2.45, 2.75) is 44.7 Å². The zero-order valence-electron chi connectivity index (χ0n) is 15.7. The summed E-state index contributed by atoms with van der Waals surface area (Å²) in [6, 6.07) is 4.41. The third-order valence-electron chi connectivity index (χ3n) is 5.83. The average molecular weight is 384 g/mol. The number of imide groups is 1. The van der Waals surface area contributed by atoms with E-state index in [1.165, 1.54) is 4.90 Å². The van der Waals surface area contributed by atoms with Crippen LogP contribution in [0.1, 0.15) is 48.0 Å². The van der Waals surface area contributed by atoms with Gasteiger partial charge in [-0.3, -0.25) is 24.1 Å². The van der Waals surface area contributed by atoms with E-state index >= 15 is 0 Å². The Morgan fingerprint density at radius 2 is 1.86 bits per heavy atom. The summed E-state index contributed by atoms with van der Waals surface area (Å²) in [7, 11) is 0. The largest absolute Gasteiger partial charge is 0.399 e. The fourth-order valence-corrected chi connectivity index (χ4v) is 4.25. The highest BCUT2D eigenvalue weighted by molar-refractivity contribution is 6.07. The summed E-state index contributed by atoms with van der Waals surface area (Å²) in [5.74, 6) is -1.26. The Morgan fingerprint density at radius 3 is 2.61 bits per heavy atom. The number of carbonyl (C=O) groups is 4. The van der Waals surface area contributed by atoms with Gasteiger partial charge in [0.05, 0.1) is 0 Å². The summed E-state index contributed by atoms with van der Waals surface area (Å²) in [4.78, 5) is 55.0. The van der Waals surface area contributed by atoms with Crippen molar-refractivity contribution >= 4 is 29.3 Å². The van der Waals surface area contributed by atoms with Gasteiger partial charge in [0, 0.05) is 37.3 Å². The van der Waals surface area contributed by atoms with Crippen molar-refractivity contribution in [1.82, 2.24) is 14.7 Å². The highest BCUT2D eigenvalue weighted by Crippen LogP contribution is 2.30. The lowest BCUT2D eigenvalue weighted by molar-refractivity contribution is -0.156. The number of hydrogen-bond donors (Lipinski definition) is 1. The molecular formula is C20H24N4O4. The molecule has 3 heterocycles. The monoisotopic (exact) mass is 384 g/mol. The number of nitrogens with zero attached hydrogens (tertiary/aromatic N) is 3. The highest BCUT2D eigenvalue weighted by atomic mass is 16.2. The minimum absolute atomic E-state index is 0.145. The van der Waals surface area contributed by atoms with Gasteiger partial charge in [-0.15, -0.1) is 0 Å². The first-order valence-corrected chi connectivity index (χ1v) is 9.77. The smallest absolute Gasteiger partial charge is 0.255 e. The van der Waals surface area contributed by atoms with Gasteiger partial charge in [-0.2, -0.15) is 0 Å². The van der Waals surface area contributed by atoms with Gasteiger partial charge >= 0.3 is 0 Å². The predicted octanol–water partition coefficient (Wildman–Crippen LogP) is 0.755. The van der Waals surface area contributed by atoms with Crippen LogP contribution in [0.15, 0.2) is 18.2 Å². The van der Waals surface area contributed by atoms with E-state index in [2.05, 4.69) is 0 Å². The summed E-state index contributed by atoms with van der Waals surface area (Å²) in [6.07, 6.45) is 3.41. The number of amides is 4. The van der Waals surface area contributed by atoms with Gasteiger partial charge in [-0.25, -0.2) is 0 Å². The average Bonchev–Trinajstić information content (AvgIpc) is 3.01. The molecule has 0 spiro atoms. The molecule has 28 heavy (non-hydrogen) atoms. The fraction of sp³-hybridized carbons (Fsp3) is 0.500. The molecule has 148 valence electrons. The quantitative estimate of drug-likeness (QED) is 0.612. The van der Waals surface area contributed by atoms with Crippen LogP contribution in [-0.4, -0.2) is 64.0 Å². The molecule has 0 radical (unpaired) electrons. The molecule has 0 saturated carbocycles. The van der Waals surface area contributed by atoms with Crippen molar-refractivity contribution in [3.05, 3.63) is 29.3 Å². The van der Waals surface area contributed by atoms with Crippen LogP contribution in [0.4, 0.5) is 5.69 Å². The first-order valence-electron chi connectivity index (χ1n) is 9.77. The Labute approximate surface area is 163 Å². The molecule has 0 aliphatic carbocycles. The summed E-state index contributed by atoms with van der Waals surface area (Å²) in [5, 5.41) is 0. The van der Waals surface area contributed by atoms with Crippen molar-refractivity contribution in [1.29, 1.82) is 0 Å². The second-order valence-corrected chi connectivity index (χ2v) is 7.66. The molecular weight excluding hydrogens is 360 g/mol. The number of rotatable bonds is 3. The number of carbonyl (C=O) groups excluding carboxylic acids is 4. The molecule has 2 N–H and O–H groups in total. The van der Waals surface area contributed by atoms with E-state index in [0.29, 0.717) is 30.9 Å². The van der Waals surface area contributed by atoms with Gasteiger partial charge in [0.2, 0.25) is 11.8 Å². The summed E-state index contributed by atoms with van der Waals surface area (Å²) < 4.78 is 0. The number of piperidine rings is 2. The maximum Gasteiger partial charge on any atom is 0.255 e. The summed E-state index contributed by atoms with van der Waals surface area (Å²) in [5.41, 5.74) is 7.59.